The molecule has 0 radical (unpaired) electrons. The van der Waals surface area contributed by atoms with Crippen molar-refractivity contribution in [2.24, 2.45) is 0 Å². The van der Waals surface area contributed by atoms with E-state index in [1.165, 1.54) is 11.8 Å². The van der Waals surface area contributed by atoms with E-state index in [4.69, 9.17) is 11.5 Å². The first-order valence-electron chi connectivity index (χ1n) is 6.26. The van der Waals surface area contributed by atoms with Crippen LogP contribution in [0.4, 0.5) is 17.6 Å². The normalized spacial score (nSPS) is 11.9. The van der Waals surface area contributed by atoms with Gasteiger partial charge >= 0.3 is 0 Å². The Labute approximate surface area is 126 Å². The Kier molecular flexibility index (Phi) is 4.59. The van der Waals surface area contributed by atoms with Crippen LogP contribution in [0.2, 0.25) is 0 Å². The summed E-state index contributed by atoms with van der Waals surface area (Å²) in [6.45, 7) is 3.69. The fourth-order valence-corrected chi connectivity index (χ4v) is 2.37. The molecule has 0 aliphatic carbocycles. The van der Waals surface area contributed by atoms with E-state index >= 15 is 0 Å². The van der Waals surface area contributed by atoms with Crippen LogP contribution in [-0.2, 0) is 4.79 Å². The second-order valence-electron chi connectivity index (χ2n) is 4.40. The third-order valence-electron chi connectivity index (χ3n) is 2.70. The van der Waals surface area contributed by atoms with Gasteiger partial charge in [0.15, 0.2) is 5.16 Å². The molecule has 0 unspecified atom stereocenters. The number of nitrogens with two attached hydrogens (primary N) is 2. The zero-order chi connectivity index (χ0) is 15.4. The van der Waals surface area contributed by atoms with Crippen molar-refractivity contribution in [2.75, 3.05) is 16.8 Å². The standard InChI is InChI=1S/C13H16N6OS/c1-7-5-3-4-6-9(7)16-10(20)8(2)21-13-18-11(14)17-12(15)19-13/h3-6,8H,1-2H3,(H,16,20)(H4,14,15,17,18,19)/t8-/m0/s1. The van der Waals surface area contributed by atoms with Crippen LogP contribution in [0.3, 0.4) is 0 Å². The smallest absolute Gasteiger partial charge is 0.237 e. The van der Waals surface area contributed by atoms with E-state index in [-0.39, 0.29) is 17.8 Å². The zero-order valence-electron chi connectivity index (χ0n) is 11.7. The lowest BCUT2D eigenvalue weighted by atomic mass is 10.2. The van der Waals surface area contributed by atoms with Crippen molar-refractivity contribution in [1.29, 1.82) is 0 Å². The number of para-hydroxylation sites is 1. The third kappa shape index (κ3) is 4.06. The number of hydrogen-bond acceptors (Lipinski definition) is 7. The maximum absolute atomic E-state index is 12.2. The molecule has 1 heterocycles. The largest absolute Gasteiger partial charge is 0.368 e. The van der Waals surface area contributed by atoms with Crippen LogP contribution in [-0.4, -0.2) is 26.1 Å². The Morgan fingerprint density at radius 2 is 1.81 bits per heavy atom. The van der Waals surface area contributed by atoms with Crippen molar-refractivity contribution >= 4 is 35.3 Å². The van der Waals surface area contributed by atoms with Gasteiger partial charge in [-0.05, 0) is 25.5 Å². The summed E-state index contributed by atoms with van der Waals surface area (Å²) in [6, 6.07) is 7.57. The second-order valence-corrected chi connectivity index (χ2v) is 5.71. The van der Waals surface area contributed by atoms with Crippen molar-refractivity contribution in [1.82, 2.24) is 15.0 Å². The third-order valence-corrected chi connectivity index (χ3v) is 3.66. The monoisotopic (exact) mass is 304 g/mol. The first-order valence-corrected chi connectivity index (χ1v) is 7.14. The second kappa shape index (κ2) is 6.40. The van der Waals surface area contributed by atoms with Crippen LogP contribution in [0.5, 0.6) is 0 Å². The number of aromatic nitrogens is 3. The van der Waals surface area contributed by atoms with Gasteiger partial charge in [0.1, 0.15) is 0 Å². The summed E-state index contributed by atoms with van der Waals surface area (Å²) < 4.78 is 0. The first-order chi connectivity index (χ1) is 9.95. The summed E-state index contributed by atoms with van der Waals surface area (Å²) in [4.78, 5) is 23.7. The molecule has 1 aromatic carbocycles. The van der Waals surface area contributed by atoms with Gasteiger partial charge in [-0.25, -0.2) is 0 Å². The molecule has 2 rings (SSSR count). The molecule has 0 bridgehead atoms. The lowest BCUT2D eigenvalue weighted by Crippen LogP contribution is -2.23. The summed E-state index contributed by atoms with van der Waals surface area (Å²) in [6.07, 6.45) is 0. The number of rotatable bonds is 4. The van der Waals surface area contributed by atoms with Crippen LogP contribution >= 0.6 is 11.8 Å². The molecule has 0 spiro atoms. The molecule has 21 heavy (non-hydrogen) atoms. The van der Waals surface area contributed by atoms with Crippen molar-refractivity contribution < 1.29 is 4.79 Å². The zero-order valence-corrected chi connectivity index (χ0v) is 12.5. The van der Waals surface area contributed by atoms with Crippen molar-refractivity contribution in [3.8, 4) is 0 Å². The van der Waals surface area contributed by atoms with Crippen LogP contribution in [0, 0.1) is 6.92 Å². The minimum absolute atomic E-state index is 0.0384. The van der Waals surface area contributed by atoms with Crippen LogP contribution < -0.4 is 16.8 Å². The number of nitrogens with one attached hydrogen (secondary N) is 1. The van der Waals surface area contributed by atoms with Crippen LogP contribution in [0.1, 0.15) is 12.5 Å². The van der Waals surface area contributed by atoms with Gasteiger partial charge in [-0.3, -0.25) is 4.79 Å². The SMILES string of the molecule is Cc1ccccc1NC(=O)[C@H](C)Sc1nc(N)nc(N)n1. The highest BCUT2D eigenvalue weighted by atomic mass is 32.2. The Morgan fingerprint density at radius 3 is 2.43 bits per heavy atom. The summed E-state index contributed by atoms with van der Waals surface area (Å²) in [5.74, 6) is -0.0696. The van der Waals surface area contributed by atoms with Gasteiger partial charge in [0.25, 0.3) is 0 Å². The number of aryl methyl sites for hydroxylation is 1. The molecule has 0 aliphatic rings. The van der Waals surface area contributed by atoms with E-state index in [0.717, 1.165) is 11.3 Å². The fraction of sp³-hybridized carbons (Fsp3) is 0.231. The lowest BCUT2D eigenvalue weighted by Gasteiger charge is -2.12. The van der Waals surface area contributed by atoms with E-state index in [2.05, 4.69) is 20.3 Å². The minimum atomic E-state index is -0.397. The molecule has 0 saturated heterocycles. The molecule has 110 valence electrons. The van der Waals surface area contributed by atoms with Gasteiger partial charge in [0.05, 0.1) is 5.25 Å². The Hall–Kier alpha value is -2.35. The minimum Gasteiger partial charge on any atom is -0.368 e. The number of benzene rings is 1. The van der Waals surface area contributed by atoms with Gasteiger partial charge in [0.2, 0.25) is 17.8 Å². The molecule has 2 aromatic rings. The van der Waals surface area contributed by atoms with Crippen molar-refractivity contribution in [2.45, 2.75) is 24.3 Å². The number of nitrogen functional groups attached to an aromatic ring is 2. The Balaban J connectivity index is 2.04. The van der Waals surface area contributed by atoms with E-state index < -0.39 is 5.25 Å². The van der Waals surface area contributed by atoms with Crippen LogP contribution in [0.25, 0.3) is 0 Å². The van der Waals surface area contributed by atoms with Crippen LogP contribution in [0.15, 0.2) is 29.4 Å². The summed E-state index contributed by atoms with van der Waals surface area (Å²) in [7, 11) is 0. The maximum atomic E-state index is 12.2. The highest BCUT2D eigenvalue weighted by molar-refractivity contribution is 8.00. The lowest BCUT2D eigenvalue weighted by molar-refractivity contribution is -0.115. The molecule has 1 atom stereocenters. The van der Waals surface area contributed by atoms with E-state index in [0.29, 0.717) is 5.16 Å². The quantitative estimate of drug-likeness (QED) is 0.731. The molecule has 0 aliphatic heterocycles. The first kappa shape index (κ1) is 15.0. The van der Waals surface area contributed by atoms with Gasteiger partial charge < -0.3 is 16.8 Å². The number of amides is 1. The maximum Gasteiger partial charge on any atom is 0.237 e. The number of hydrogen-bond donors (Lipinski definition) is 3. The summed E-state index contributed by atoms with van der Waals surface area (Å²) >= 11 is 1.17. The molecule has 1 amide bonds. The van der Waals surface area contributed by atoms with Gasteiger partial charge in [-0.1, -0.05) is 30.0 Å². The number of carbonyl (C=O) groups is 1. The van der Waals surface area contributed by atoms with E-state index in [9.17, 15) is 4.79 Å². The summed E-state index contributed by atoms with van der Waals surface area (Å²) in [5.41, 5.74) is 12.8. The number of nitrogens with zero attached hydrogens (tertiary/aromatic N) is 3. The topological polar surface area (TPSA) is 120 Å². The average molecular weight is 304 g/mol. The molecule has 0 saturated carbocycles. The Morgan fingerprint density at radius 1 is 1.19 bits per heavy atom. The molecule has 1 aromatic heterocycles. The van der Waals surface area contributed by atoms with Gasteiger partial charge in [0, 0.05) is 5.69 Å². The Bertz CT molecular complexity index is 643. The van der Waals surface area contributed by atoms with E-state index in [1.54, 1.807) is 6.92 Å². The molecule has 5 N–H and O–H groups in total. The molecular weight excluding hydrogens is 288 g/mol. The fourth-order valence-electron chi connectivity index (χ4n) is 1.60. The highest BCUT2D eigenvalue weighted by Crippen LogP contribution is 2.22. The number of thioether (sulfide) groups is 1. The predicted molar refractivity (Wildman–Crippen MR) is 83.8 cm³/mol. The van der Waals surface area contributed by atoms with E-state index in [1.807, 2.05) is 31.2 Å². The number of carbonyl (C=O) groups excluding carboxylic acids is 1. The highest BCUT2D eigenvalue weighted by Gasteiger charge is 2.17. The summed E-state index contributed by atoms with van der Waals surface area (Å²) in [5, 5.41) is 2.79. The van der Waals surface area contributed by atoms with Gasteiger partial charge in [-0.2, -0.15) is 15.0 Å². The predicted octanol–water partition coefficient (Wildman–Crippen LogP) is 1.46. The van der Waals surface area contributed by atoms with Gasteiger partial charge in [-0.15, -0.1) is 0 Å². The molecule has 7 nitrogen and oxygen atoms in total. The molecule has 0 fully saturated rings. The molecule has 8 heteroatoms. The molecular formula is C13H16N6OS. The van der Waals surface area contributed by atoms with Crippen molar-refractivity contribution in [3.05, 3.63) is 29.8 Å². The number of anilines is 3. The average Bonchev–Trinajstić information content (AvgIpc) is 2.40. The van der Waals surface area contributed by atoms with Crippen molar-refractivity contribution in [3.63, 3.8) is 0 Å².